The van der Waals surface area contributed by atoms with Gasteiger partial charge in [0.15, 0.2) is 10.3 Å². The number of rotatable bonds is 3. The molecule has 1 aliphatic heterocycles. The van der Waals surface area contributed by atoms with Crippen molar-refractivity contribution in [3.8, 4) is 11.4 Å². The Balaban J connectivity index is 1.52. The molecule has 0 aromatic carbocycles. The minimum Gasteiger partial charge on any atom is -0.293 e. The Morgan fingerprint density at radius 2 is 2.00 bits per heavy atom. The van der Waals surface area contributed by atoms with Crippen molar-refractivity contribution in [2.45, 2.75) is 19.5 Å². The maximum Gasteiger partial charge on any atom is 0.183 e. The molecule has 0 amide bonds. The molecule has 0 aliphatic carbocycles. The van der Waals surface area contributed by atoms with E-state index >= 15 is 0 Å². The van der Waals surface area contributed by atoms with E-state index in [0.29, 0.717) is 10.3 Å². The highest BCUT2D eigenvalue weighted by Crippen LogP contribution is 2.24. The van der Waals surface area contributed by atoms with Crippen LogP contribution in [0.3, 0.4) is 0 Å². The number of hydrogen-bond donors (Lipinski definition) is 0. The lowest BCUT2D eigenvalue weighted by atomic mass is 10.1. The van der Waals surface area contributed by atoms with Crippen molar-refractivity contribution in [1.82, 2.24) is 29.8 Å². The molecule has 3 aromatic heterocycles. The van der Waals surface area contributed by atoms with Crippen molar-refractivity contribution < 1.29 is 0 Å². The highest BCUT2D eigenvalue weighted by atomic mass is 35.5. The van der Waals surface area contributed by atoms with Crippen molar-refractivity contribution in [1.29, 1.82) is 0 Å². The van der Waals surface area contributed by atoms with Crippen LogP contribution in [0.2, 0.25) is 4.47 Å². The average molecular weight is 345 g/mol. The lowest BCUT2D eigenvalue weighted by molar-refractivity contribution is 0.245. The predicted octanol–water partition coefficient (Wildman–Crippen LogP) is 2.60. The molecule has 0 unspecified atom stereocenters. The Kier molecular flexibility index (Phi) is 3.99. The molecule has 0 radical (unpaired) electrons. The smallest absolute Gasteiger partial charge is 0.183 e. The number of fused-ring (bicyclic) bond motifs is 1. The van der Waals surface area contributed by atoms with E-state index in [1.54, 1.807) is 12.4 Å². The minimum absolute atomic E-state index is 0.593. The van der Waals surface area contributed by atoms with Gasteiger partial charge in [0, 0.05) is 61.3 Å². The van der Waals surface area contributed by atoms with Crippen LogP contribution in [-0.4, -0.2) is 36.4 Å². The van der Waals surface area contributed by atoms with Crippen LogP contribution >= 0.6 is 22.9 Å². The van der Waals surface area contributed by atoms with Gasteiger partial charge in [0.2, 0.25) is 0 Å². The first-order valence-electron chi connectivity index (χ1n) is 7.20. The van der Waals surface area contributed by atoms with Gasteiger partial charge in [0.1, 0.15) is 6.33 Å². The molecule has 6 nitrogen and oxygen atoms in total. The zero-order valence-corrected chi connectivity index (χ0v) is 13.8. The number of halogens is 1. The molecule has 8 heteroatoms. The lowest BCUT2D eigenvalue weighted by Gasteiger charge is -2.27. The van der Waals surface area contributed by atoms with Crippen LogP contribution in [0.15, 0.2) is 31.1 Å². The first-order valence-corrected chi connectivity index (χ1v) is 8.40. The Bertz CT molecular complexity index is 822. The SMILES string of the molecule is Clc1ncc(CN2CCc3nc(-c4cncnc4)ncc3C2)s1. The zero-order chi connectivity index (χ0) is 15.6. The van der Waals surface area contributed by atoms with E-state index in [1.807, 2.05) is 12.4 Å². The molecule has 23 heavy (non-hydrogen) atoms. The van der Waals surface area contributed by atoms with Gasteiger partial charge in [0.05, 0.1) is 11.3 Å². The van der Waals surface area contributed by atoms with Crippen LogP contribution in [0.4, 0.5) is 0 Å². The van der Waals surface area contributed by atoms with Crippen LogP contribution in [0, 0.1) is 0 Å². The normalized spacial score (nSPS) is 14.7. The van der Waals surface area contributed by atoms with Crippen LogP contribution in [0.1, 0.15) is 16.1 Å². The third-order valence-corrected chi connectivity index (χ3v) is 4.84. The van der Waals surface area contributed by atoms with Crippen LogP contribution in [-0.2, 0) is 19.5 Å². The van der Waals surface area contributed by atoms with Gasteiger partial charge >= 0.3 is 0 Å². The third kappa shape index (κ3) is 3.21. The standard InChI is InChI=1S/C15H13ClN6S/c16-15-20-6-12(23-15)8-22-2-1-13-11(7-22)5-19-14(21-13)10-3-17-9-18-4-10/h3-6,9H,1-2,7-8H2. The molecule has 0 saturated carbocycles. The Labute approximate surface area is 142 Å². The van der Waals surface area contributed by atoms with Gasteiger partial charge in [0.25, 0.3) is 0 Å². The van der Waals surface area contributed by atoms with Crippen LogP contribution < -0.4 is 0 Å². The topological polar surface area (TPSA) is 67.7 Å². The van der Waals surface area contributed by atoms with Gasteiger partial charge in [-0.2, -0.15) is 0 Å². The fourth-order valence-electron chi connectivity index (χ4n) is 2.64. The Morgan fingerprint density at radius 1 is 1.13 bits per heavy atom. The number of thiazole rings is 1. The maximum absolute atomic E-state index is 5.89. The molecule has 116 valence electrons. The van der Waals surface area contributed by atoms with E-state index in [4.69, 9.17) is 11.6 Å². The van der Waals surface area contributed by atoms with Gasteiger partial charge in [-0.25, -0.2) is 24.9 Å². The van der Waals surface area contributed by atoms with Gasteiger partial charge in [-0.1, -0.05) is 11.6 Å². The second-order valence-corrected chi connectivity index (χ2v) is 7.03. The van der Waals surface area contributed by atoms with E-state index in [2.05, 4.69) is 29.8 Å². The molecule has 0 fully saturated rings. The fraction of sp³-hybridized carbons (Fsp3) is 0.267. The molecule has 0 spiro atoms. The molecule has 3 aromatic rings. The summed E-state index contributed by atoms with van der Waals surface area (Å²) in [6, 6.07) is 0. The molecular formula is C15H13ClN6S. The average Bonchev–Trinajstić information content (AvgIpc) is 3.00. The van der Waals surface area contributed by atoms with Crippen molar-refractivity contribution in [3.63, 3.8) is 0 Å². The molecule has 0 bridgehead atoms. The first-order chi connectivity index (χ1) is 11.3. The zero-order valence-electron chi connectivity index (χ0n) is 12.2. The van der Waals surface area contributed by atoms with Crippen LogP contribution in [0.25, 0.3) is 11.4 Å². The van der Waals surface area contributed by atoms with E-state index in [1.165, 1.54) is 28.1 Å². The fourth-order valence-corrected chi connectivity index (χ4v) is 3.66. The second-order valence-electron chi connectivity index (χ2n) is 5.33. The molecule has 1 aliphatic rings. The van der Waals surface area contributed by atoms with E-state index in [-0.39, 0.29) is 0 Å². The lowest BCUT2D eigenvalue weighted by Crippen LogP contribution is -2.30. The predicted molar refractivity (Wildman–Crippen MR) is 88.0 cm³/mol. The van der Waals surface area contributed by atoms with Crippen molar-refractivity contribution in [3.05, 3.63) is 51.7 Å². The highest BCUT2D eigenvalue weighted by molar-refractivity contribution is 7.15. The van der Waals surface area contributed by atoms with Gasteiger partial charge in [-0.05, 0) is 0 Å². The van der Waals surface area contributed by atoms with Crippen LogP contribution in [0.5, 0.6) is 0 Å². The summed E-state index contributed by atoms with van der Waals surface area (Å²) < 4.78 is 0.593. The van der Waals surface area contributed by atoms with Gasteiger partial charge in [-0.15, -0.1) is 11.3 Å². The van der Waals surface area contributed by atoms with Crippen molar-refractivity contribution in [2.24, 2.45) is 0 Å². The molecular weight excluding hydrogens is 332 g/mol. The largest absolute Gasteiger partial charge is 0.293 e. The summed E-state index contributed by atoms with van der Waals surface area (Å²) in [5.74, 6) is 0.687. The van der Waals surface area contributed by atoms with Gasteiger partial charge < -0.3 is 0 Å². The second kappa shape index (κ2) is 6.27. The summed E-state index contributed by atoms with van der Waals surface area (Å²) >= 11 is 7.42. The Morgan fingerprint density at radius 3 is 2.78 bits per heavy atom. The molecule has 0 N–H and O–H groups in total. The van der Waals surface area contributed by atoms with E-state index in [9.17, 15) is 0 Å². The molecule has 4 rings (SSSR count). The summed E-state index contributed by atoms with van der Waals surface area (Å²) in [6.45, 7) is 2.67. The minimum atomic E-state index is 0.593. The third-order valence-electron chi connectivity index (χ3n) is 3.74. The van der Waals surface area contributed by atoms with Gasteiger partial charge in [-0.3, -0.25) is 4.90 Å². The summed E-state index contributed by atoms with van der Waals surface area (Å²) in [6.07, 6.45) is 9.64. The molecule has 0 saturated heterocycles. The summed E-state index contributed by atoms with van der Waals surface area (Å²) in [7, 11) is 0. The summed E-state index contributed by atoms with van der Waals surface area (Å²) in [5.41, 5.74) is 3.13. The number of nitrogens with zero attached hydrogens (tertiary/aromatic N) is 6. The summed E-state index contributed by atoms with van der Waals surface area (Å²) in [5, 5.41) is 0. The first kappa shape index (κ1) is 14.6. The van der Waals surface area contributed by atoms with E-state index in [0.717, 1.165) is 37.3 Å². The molecule has 0 atom stereocenters. The monoisotopic (exact) mass is 344 g/mol. The summed E-state index contributed by atoms with van der Waals surface area (Å²) in [4.78, 5) is 24.8. The van der Waals surface area contributed by atoms with Crippen molar-refractivity contribution in [2.75, 3.05) is 6.54 Å². The van der Waals surface area contributed by atoms with E-state index < -0.39 is 0 Å². The number of hydrogen-bond acceptors (Lipinski definition) is 7. The quantitative estimate of drug-likeness (QED) is 0.727. The number of aromatic nitrogens is 5. The Hall–Kier alpha value is -1.96. The maximum atomic E-state index is 5.89. The van der Waals surface area contributed by atoms with Crippen molar-refractivity contribution >= 4 is 22.9 Å². The molecule has 4 heterocycles. The highest BCUT2D eigenvalue weighted by Gasteiger charge is 2.19.